The largest absolute Gasteiger partial charge is 0.351 e. The van der Waals surface area contributed by atoms with Crippen LogP contribution in [0.25, 0.3) is 0 Å². The number of rotatable bonds is 7. The molecule has 1 fully saturated rings. The van der Waals surface area contributed by atoms with Gasteiger partial charge >= 0.3 is 0 Å². The lowest BCUT2D eigenvalue weighted by Gasteiger charge is -2.21. The Labute approximate surface area is 129 Å². The van der Waals surface area contributed by atoms with E-state index in [2.05, 4.69) is 28.2 Å². The van der Waals surface area contributed by atoms with Gasteiger partial charge in [-0.15, -0.1) is 0 Å². The molecule has 110 valence electrons. The predicted molar refractivity (Wildman–Crippen MR) is 85.6 cm³/mol. The maximum Gasteiger partial charge on any atom is 0.230 e. The number of hydrogen-bond donors (Lipinski definition) is 2. The molecule has 3 nitrogen and oxygen atoms in total. The molecule has 0 radical (unpaired) electrons. The monoisotopic (exact) mass is 338 g/mol. The van der Waals surface area contributed by atoms with Crippen LogP contribution in [0.3, 0.4) is 0 Å². The molecule has 1 aromatic rings. The Balaban J connectivity index is 2.02. The minimum absolute atomic E-state index is 0.107. The van der Waals surface area contributed by atoms with Gasteiger partial charge in [0.1, 0.15) is 0 Å². The van der Waals surface area contributed by atoms with Crippen molar-refractivity contribution in [1.82, 2.24) is 5.32 Å². The van der Waals surface area contributed by atoms with Gasteiger partial charge in [-0.25, -0.2) is 0 Å². The predicted octanol–water partition coefficient (Wildman–Crippen LogP) is 3.11. The number of amides is 1. The molecule has 0 spiro atoms. The van der Waals surface area contributed by atoms with E-state index in [1.54, 1.807) is 0 Å². The zero-order valence-electron chi connectivity index (χ0n) is 12.0. The van der Waals surface area contributed by atoms with E-state index < -0.39 is 0 Å². The van der Waals surface area contributed by atoms with E-state index >= 15 is 0 Å². The standard InChI is InChI=1S/C16H23BrN2O/c1-2-3-4-14(11-18)19-15(20)16(9-10-16)12-5-7-13(17)8-6-12/h5-8,14H,2-4,9-11,18H2,1H3,(H,19,20). The van der Waals surface area contributed by atoms with Gasteiger partial charge < -0.3 is 11.1 Å². The van der Waals surface area contributed by atoms with E-state index in [0.717, 1.165) is 42.1 Å². The number of hydrogen-bond acceptors (Lipinski definition) is 2. The molecule has 1 aliphatic carbocycles. The average Bonchev–Trinajstić information content (AvgIpc) is 3.25. The van der Waals surface area contributed by atoms with Gasteiger partial charge in [-0.05, 0) is 37.0 Å². The number of unbranched alkanes of at least 4 members (excludes halogenated alkanes) is 1. The molecular weight excluding hydrogens is 316 g/mol. The molecule has 1 saturated carbocycles. The maximum atomic E-state index is 12.6. The smallest absolute Gasteiger partial charge is 0.230 e. The van der Waals surface area contributed by atoms with Crippen molar-refractivity contribution >= 4 is 21.8 Å². The fraction of sp³-hybridized carbons (Fsp3) is 0.562. The number of carbonyl (C=O) groups excluding carboxylic acids is 1. The first-order valence-electron chi connectivity index (χ1n) is 7.39. The second-order valence-electron chi connectivity index (χ2n) is 5.64. The van der Waals surface area contributed by atoms with Crippen molar-refractivity contribution in [2.24, 2.45) is 5.73 Å². The minimum Gasteiger partial charge on any atom is -0.351 e. The first-order valence-corrected chi connectivity index (χ1v) is 8.19. The summed E-state index contributed by atoms with van der Waals surface area (Å²) in [6.07, 6.45) is 5.07. The van der Waals surface area contributed by atoms with Crippen molar-refractivity contribution in [3.05, 3.63) is 34.3 Å². The molecule has 1 amide bonds. The molecule has 0 saturated heterocycles. The summed E-state index contributed by atoms with van der Waals surface area (Å²) in [4.78, 5) is 12.6. The lowest BCUT2D eigenvalue weighted by molar-refractivity contribution is -0.124. The quantitative estimate of drug-likeness (QED) is 0.802. The molecule has 1 aromatic carbocycles. The second kappa shape index (κ2) is 6.72. The highest BCUT2D eigenvalue weighted by Crippen LogP contribution is 2.48. The molecule has 0 bridgehead atoms. The van der Waals surface area contributed by atoms with Crippen LogP contribution in [-0.2, 0) is 10.2 Å². The van der Waals surface area contributed by atoms with Gasteiger partial charge in [0.15, 0.2) is 0 Å². The van der Waals surface area contributed by atoms with Crippen molar-refractivity contribution in [2.75, 3.05) is 6.54 Å². The van der Waals surface area contributed by atoms with Crippen LogP contribution < -0.4 is 11.1 Å². The third kappa shape index (κ3) is 3.41. The van der Waals surface area contributed by atoms with Crippen LogP contribution in [0, 0.1) is 0 Å². The van der Waals surface area contributed by atoms with Crippen LogP contribution in [0.5, 0.6) is 0 Å². The molecular formula is C16H23BrN2O. The van der Waals surface area contributed by atoms with Gasteiger partial charge in [0.25, 0.3) is 0 Å². The molecule has 0 aliphatic heterocycles. The maximum absolute atomic E-state index is 12.6. The second-order valence-corrected chi connectivity index (χ2v) is 6.55. The van der Waals surface area contributed by atoms with Crippen LogP contribution in [-0.4, -0.2) is 18.5 Å². The highest BCUT2D eigenvalue weighted by molar-refractivity contribution is 9.10. The van der Waals surface area contributed by atoms with E-state index in [9.17, 15) is 4.79 Å². The van der Waals surface area contributed by atoms with Crippen molar-refractivity contribution in [3.63, 3.8) is 0 Å². The third-order valence-electron chi connectivity index (χ3n) is 4.11. The first kappa shape index (κ1) is 15.5. The fourth-order valence-corrected chi connectivity index (χ4v) is 2.83. The normalized spacial score (nSPS) is 17.6. The van der Waals surface area contributed by atoms with Crippen LogP contribution in [0.2, 0.25) is 0 Å². The van der Waals surface area contributed by atoms with E-state index in [1.165, 1.54) is 0 Å². The summed E-state index contributed by atoms with van der Waals surface area (Å²) in [5.41, 5.74) is 6.57. The summed E-state index contributed by atoms with van der Waals surface area (Å²) in [7, 11) is 0. The van der Waals surface area contributed by atoms with Gasteiger partial charge in [-0.1, -0.05) is 47.8 Å². The number of carbonyl (C=O) groups is 1. The lowest BCUT2D eigenvalue weighted by atomic mass is 9.94. The fourth-order valence-electron chi connectivity index (χ4n) is 2.56. The molecule has 1 aliphatic rings. The SMILES string of the molecule is CCCCC(CN)NC(=O)C1(c2ccc(Br)cc2)CC1. The highest BCUT2D eigenvalue weighted by Gasteiger charge is 2.51. The molecule has 4 heteroatoms. The van der Waals surface area contributed by atoms with E-state index in [1.807, 2.05) is 24.3 Å². The summed E-state index contributed by atoms with van der Waals surface area (Å²) < 4.78 is 1.04. The van der Waals surface area contributed by atoms with Crippen molar-refractivity contribution in [3.8, 4) is 0 Å². The Morgan fingerprint density at radius 1 is 1.40 bits per heavy atom. The van der Waals surface area contributed by atoms with Gasteiger partial charge in [0, 0.05) is 17.1 Å². The number of nitrogens with two attached hydrogens (primary N) is 1. The van der Waals surface area contributed by atoms with Gasteiger partial charge in [-0.3, -0.25) is 4.79 Å². The zero-order valence-corrected chi connectivity index (χ0v) is 13.6. The Morgan fingerprint density at radius 3 is 2.55 bits per heavy atom. The molecule has 0 aromatic heterocycles. The van der Waals surface area contributed by atoms with Gasteiger partial charge in [0.05, 0.1) is 5.41 Å². The molecule has 3 N–H and O–H groups in total. The summed E-state index contributed by atoms with van der Waals surface area (Å²) in [6, 6.07) is 8.19. The molecule has 0 heterocycles. The average molecular weight is 339 g/mol. The molecule has 2 rings (SSSR count). The Bertz CT molecular complexity index is 454. The van der Waals surface area contributed by atoms with Gasteiger partial charge in [0.2, 0.25) is 5.91 Å². The number of benzene rings is 1. The van der Waals surface area contributed by atoms with Crippen molar-refractivity contribution in [2.45, 2.75) is 50.5 Å². The Kier molecular flexibility index (Phi) is 5.22. The Hall–Kier alpha value is -0.870. The summed E-state index contributed by atoms with van der Waals surface area (Å²) in [6.45, 7) is 2.67. The number of halogens is 1. The topological polar surface area (TPSA) is 55.1 Å². The highest BCUT2D eigenvalue weighted by atomic mass is 79.9. The zero-order chi connectivity index (χ0) is 14.6. The van der Waals surface area contributed by atoms with E-state index in [0.29, 0.717) is 6.54 Å². The number of nitrogens with one attached hydrogen (secondary N) is 1. The van der Waals surface area contributed by atoms with Crippen molar-refractivity contribution in [1.29, 1.82) is 0 Å². The minimum atomic E-state index is -0.305. The Morgan fingerprint density at radius 2 is 2.05 bits per heavy atom. The van der Waals surface area contributed by atoms with Crippen LogP contribution in [0.15, 0.2) is 28.7 Å². The van der Waals surface area contributed by atoms with Crippen LogP contribution in [0.1, 0.15) is 44.6 Å². The lowest BCUT2D eigenvalue weighted by Crippen LogP contribution is -2.45. The summed E-state index contributed by atoms with van der Waals surface area (Å²) in [5, 5.41) is 3.14. The summed E-state index contributed by atoms with van der Waals surface area (Å²) >= 11 is 3.43. The molecule has 1 atom stereocenters. The van der Waals surface area contributed by atoms with E-state index in [-0.39, 0.29) is 17.4 Å². The van der Waals surface area contributed by atoms with E-state index in [4.69, 9.17) is 5.73 Å². The molecule has 1 unspecified atom stereocenters. The molecule has 20 heavy (non-hydrogen) atoms. The third-order valence-corrected chi connectivity index (χ3v) is 4.64. The van der Waals surface area contributed by atoms with Crippen molar-refractivity contribution < 1.29 is 4.79 Å². The van der Waals surface area contributed by atoms with Gasteiger partial charge in [-0.2, -0.15) is 0 Å². The first-order chi connectivity index (χ1) is 9.62. The van der Waals surface area contributed by atoms with Crippen LogP contribution >= 0.6 is 15.9 Å². The summed E-state index contributed by atoms with van der Waals surface area (Å²) in [5.74, 6) is 0.145. The van der Waals surface area contributed by atoms with Crippen LogP contribution in [0.4, 0.5) is 0 Å².